The van der Waals surface area contributed by atoms with Crippen molar-refractivity contribution in [3.05, 3.63) is 83.1 Å². The Morgan fingerprint density at radius 1 is 0.879 bits per heavy atom. The molecule has 1 atom stereocenters. The first kappa shape index (κ1) is 20.3. The number of fused-ring (bicyclic) bond motifs is 3. The van der Waals surface area contributed by atoms with Crippen LogP contribution in [0.4, 0.5) is 5.69 Å². The molecule has 1 saturated carbocycles. The molecule has 1 fully saturated rings. The normalized spacial score (nSPS) is 22.1. The number of esters is 1. The van der Waals surface area contributed by atoms with E-state index in [2.05, 4.69) is 29.6 Å². The number of phenolic OH excluding ortho intramolecular Hbond substituents is 1. The van der Waals surface area contributed by atoms with Crippen LogP contribution in [0.25, 0.3) is 10.8 Å². The van der Waals surface area contributed by atoms with E-state index in [0.29, 0.717) is 0 Å². The predicted octanol–water partition coefficient (Wildman–Crippen LogP) is 6.79. The molecule has 2 heterocycles. The Morgan fingerprint density at radius 2 is 1.61 bits per heavy atom. The van der Waals surface area contributed by atoms with Crippen molar-refractivity contribution in [1.29, 1.82) is 0 Å². The summed E-state index contributed by atoms with van der Waals surface area (Å²) < 4.78 is 6.34. The van der Waals surface area contributed by atoms with Gasteiger partial charge in [0.1, 0.15) is 11.4 Å². The van der Waals surface area contributed by atoms with Gasteiger partial charge in [0.2, 0.25) is 0 Å². The Balaban J connectivity index is 1.53. The molecule has 1 aliphatic carbocycles. The van der Waals surface area contributed by atoms with E-state index >= 15 is 0 Å². The Labute approximate surface area is 194 Å². The van der Waals surface area contributed by atoms with Crippen LogP contribution < -0.4 is 5.32 Å². The number of hydrogen-bond donors (Lipinski definition) is 2. The first-order valence-electron chi connectivity index (χ1n) is 12.2. The fourth-order valence-electron chi connectivity index (χ4n) is 6.08. The predicted molar refractivity (Wildman–Crippen MR) is 130 cm³/mol. The number of rotatable bonds is 1. The zero-order chi connectivity index (χ0) is 22.4. The van der Waals surface area contributed by atoms with E-state index in [1.54, 1.807) is 12.1 Å². The summed E-state index contributed by atoms with van der Waals surface area (Å²) in [6.45, 7) is 0. The van der Waals surface area contributed by atoms with Gasteiger partial charge < -0.3 is 15.2 Å². The standard InChI is InChI=1S/C29H29NO3/c31-21-13-10-20(11-14-21)25-26-22-9-5-4-8-19(22)12-15-23(26)30-24-18-29(33-28(32)27(24)25)16-6-2-1-3-7-17-29/h4-5,8-15,25,30-31H,1-3,6-7,16-18H2. The SMILES string of the molecule is O=C1OC2(CCCCCCC2)CC2=C1C(c1ccc(O)cc1)c1c(ccc3ccccc13)N2. The number of anilines is 1. The average molecular weight is 440 g/mol. The molecular weight excluding hydrogens is 410 g/mol. The fraction of sp³-hybridized carbons (Fsp3) is 0.345. The van der Waals surface area contributed by atoms with Gasteiger partial charge in [0.05, 0.1) is 5.57 Å². The lowest BCUT2D eigenvalue weighted by atomic mass is 9.74. The number of carbonyl (C=O) groups is 1. The maximum atomic E-state index is 13.7. The molecule has 0 bridgehead atoms. The minimum absolute atomic E-state index is 0.194. The minimum Gasteiger partial charge on any atom is -0.508 e. The van der Waals surface area contributed by atoms with E-state index in [1.807, 2.05) is 24.3 Å². The molecule has 2 aliphatic heterocycles. The minimum atomic E-state index is -0.392. The summed E-state index contributed by atoms with van der Waals surface area (Å²) in [5, 5.41) is 15.9. The highest BCUT2D eigenvalue weighted by Gasteiger charge is 2.46. The zero-order valence-corrected chi connectivity index (χ0v) is 18.8. The van der Waals surface area contributed by atoms with Crippen molar-refractivity contribution in [3.8, 4) is 5.75 Å². The molecule has 3 aromatic carbocycles. The van der Waals surface area contributed by atoms with Gasteiger partial charge in [-0.25, -0.2) is 4.79 Å². The third-order valence-electron chi connectivity index (χ3n) is 7.68. The Kier molecular flexibility index (Phi) is 4.90. The number of hydrogen-bond acceptors (Lipinski definition) is 4. The van der Waals surface area contributed by atoms with Crippen molar-refractivity contribution in [2.75, 3.05) is 5.32 Å². The first-order valence-corrected chi connectivity index (χ1v) is 12.2. The van der Waals surface area contributed by atoms with Crippen LogP contribution in [0.2, 0.25) is 0 Å². The molecule has 4 heteroatoms. The number of carbonyl (C=O) groups excluding carboxylic acids is 1. The summed E-state index contributed by atoms with van der Waals surface area (Å²) >= 11 is 0. The summed E-state index contributed by atoms with van der Waals surface area (Å²) in [6, 6.07) is 19.9. The molecule has 3 aliphatic rings. The van der Waals surface area contributed by atoms with Crippen molar-refractivity contribution < 1.29 is 14.6 Å². The maximum absolute atomic E-state index is 13.7. The van der Waals surface area contributed by atoms with Crippen molar-refractivity contribution in [3.63, 3.8) is 0 Å². The second kappa shape index (κ2) is 7.95. The number of nitrogens with one attached hydrogen (secondary N) is 1. The molecule has 6 rings (SSSR count). The molecule has 3 aromatic rings. The molecule has 2 N–H and O–H groups in total. The topological polar surface area (TPSA) is 58.6 Å². The Bertz CT molecular complexity index is 1250. The molecule has 0 radical (unpaired) electrons. The summed E-state index contributed by atoms with van der Waals surface area (Å²) in [5.74, 6) is -0.206. The van der Waals surface area contributed by atoms with Gasteiger partial charge >= 0.3 is 5.97 Å². The van der Waals surface area contributed by atoms with E-state index in [1.165, 1.54) is 19.3 Å². The smallest absolute Gasteiger partial charge is 0.337 e. The highest BCUT2D eigenvalue weighted by molar-refractivity contribution is 6.00. The van der Waals surface area contributed by atoms with Crippen molar-refractivity contribution in [2.45, 2.75) is 62.9 Å². The highest BCUT2D eigenvalue weighted by Crippen LogP contribution is 2.51. The fourth-order valence-corrected chi connectivity index (χ4v) is 6.08. The Morgan fingerprint density at radius 3 is 2.39 bits per heavy atom. The van der Waals surface area contributed by atoms with Gasteiger partial charge in [-0.05, 0) is 65.8 Å². The van der Waals surface area contributed by atoms with E-state index in [9.17, 15) is 9.90 Å². The maximum Gasteiger partial charge on any atom is 0.337 e. The largest absolute Gasteiger partial charge is 0.508 e. The number of phenols is 1. The van der Waals surface area contributed by atoms with Crippen LogP contribution in [0, 0.1) is 0 Å². The molecule has 168 valence electrons. The van der Waals surface area contributed by atoms with Crippen LogP contribution in [-0.4, -0.2) is 16.7 Å². The van der Waals surface area contributed by atoms with Gasteiger partial charge in [0.15, 0.2) is 0 Å². The highest BCUT2D eigenvalue weighted by atomic mass is 16.6. The van der Waals surface area contributed by atoms with Crippen LogP contribution in [0.1, 0.15) is 68.4 Å². The molecule has 0 amide bonds. The van der Waals surface area contributed by atoms with Gasteiger partial charge in [0.25, 0.3) is 0 Å². The van der Waals surface area contributed by atoms with E-state index in [0.717, 1.165) is 71.0 Å². The average Bonchev–Trinajstić information content (AvgIpc) is 2.81. The van der Waals surface area contributed by atoms with Crippen molar-refractivity contribution in [2.24, 2.45) is 0 Å². The van der Waals surface area contributed by atoms with Crippen LogP contribution >= 0.6 is 0 Å². The van der Waals surface area contributed by atoms with Gasteiger partial charge in [-0.1, -0.05) is 61.7 Å². The molecule has 33 heavy (non-hydrogen) atoms. The third-order valence-corrected chi connectivity index (χ3v) is 7.68. The molecule has 4 nitrogen and oxygen atoms in total. The van der Waals surface area contributed by atoms with Crippen LogP contribution in [0.5, 0.6) is 5.75 Å². The molecule has 1 spiro atoms. The van der Waals surface area contributed by atoms with E-state index < -0.39 is 5.60 Å². The van der Waals surface area contributed by atoms with Gasteiger partial charge in [-0.3, -0.25) is 0 Å². The van der Waals surface area contributed by atoms with E-state index in [4.69, 9.17) is 4.74 Å². The second-order valence-corrected chi connectivity index (χ2v) is 9.81. The van der Waals surface area contributed by atoms with Gasteiger partial charge in [0, 0.05) is 23.7 Å². The van der Waals surface area contributed by atoms with Crippen molar-refractivity contribution in [1.82, 2.24) is 0 Å². The lowest BCUT2D eigenvalue weighted by Gasteiger charge is -2.43. The molecule has 1 unspecified atom stereocenters. The lowest BCUT2D eigenvalue weighted by molar-refractivity contribution is -0.160. The molecule has 0 aromatic heterocycles. The van der Waals surface area contributed by atoms with Crippen LogP contribution in [0.3, 0.4) is 0 Å². The number of aromatic hydroxyl groups is 1. The quantitative estimate of drug-likeness (QED) is 0.410. The van der Waals surface area contributed by atoms with E-state index in [-0.39, 0.29) is 17.6 Å². The third kappa shape index (κ3) is 3.49. The van der Waals surface area contributed by atoms with Gasteiger partial charge in [-0.15, -0.1) is 0 Å². The lowest BCUT2D eigenvalue weighted by Crippen LogP contribution is -2.44. The van der Waals surface area contributed by atoms with Crippen LogP contribution in [0.15, 0.2) is 71.9 Å². The molecule has 0 saturated heterocycles. The van der Waals surface area contributed by atoms with Gasteiger partial charge in [-0.2, -0.15) is 0 Å². The number of ether oxygens (including phenoxy) is 1. The summed E-state index contributed by atoms with van der Waals surface area (Å²) in [7, 11) is 0. The Hall–Kier alpha value is -3.27. The van der Waals surface area contributed by atoms with Crippen LogP contribution in [-0.2, 0) is 9.53 Å². The number of benzene rings is 3. The first-order chi connectivity index (χ1) is 16.1. The summed E-state index contributed by atoms with van der Waals surface area (Å²) in [5.41, 5.74) is 4.48. The van der Waals surface area contributed by atoms with Crippen molar-refractivity contribution >= 4 is 22.4 Å². The second-order valence-electron chi connectivity index (χ2n) is 9.81. The monoisotopic (exact) mass is 439 g/mol. The molecular formula is C29H29NO3. The zero-order valence-electron chi connectivity index (χ0n) is 18.8. The summed E-state index contributed by atoms with van der Waals surface area (Å²) in [4.78, 5) is 13.7. The summed E-state index contributed by atoms with van der Waals surface area (Å²) in [6.07, 6.45) is 8.54.